The van der Waals surface area contributed by atoms with E-state index in [1.54, 1.807) is 0 Å². The van der Waals surface area contributed by atoms with Crippen LogP contribution in [0.3, 0.4) is 0 Å². The molecule has 1 rings (SSSR count). The molecule has 0 aliphatic carbocycles. The molecule has 0 atom stereocenters. The third-order valence-corrected chi connectivity index (χ3v) is 1.80. The van der Waals surface area contributed by atoms with Gasteiger partial charge in [0.2, 0.25) is 0 Å². The zero-order chi connectivity index (χ0) is 12.5. The van der Waals surface area contributed by atoms with Crippen LogP contribution < -0.4 is 5.32 Å². The average molecular weight is 233 g/mol. The van der Waals surface area contributed by atoms with Gasteiger partial charge in [0.1, 0.15) is 5.60 Å². The van der Waals surface area contributed by atoms with E-state index >= 15 is 0 Å². The fraction of sp³-hybridized carbons (Fsp3) is 0.300. The first-order chi connectivity index (χ1) is 7.21. The molecular formula is C10H10F3NO2. The number of carbonyl (C=O) groups is 1. The lowest BCUT2D eigenvalue weighted by atomic mass is 10.1. The lowest BCUT2D eigenvalue weighted by Gasteiger charge is -2.16. The molecule has 1 amide bonds. The van der Waals surface area contributed by atoms with Crippen LogP contribution in [-0.2, 0) is 4.79 Å². The molecule has 3 nitrogen and oxygen atoms in total. The SMILES string of the molecule is CC(C)(O)C(=O)Nc1cc(F)c(F)c(F)c1. The minimum atomic E-state index is -1.69. The highest BCUT2D eigenvalue weighted by Crippen LogP contribution is 2.18. The second-order valence-corrected chi connectivity index (χ2v) is 3.77. The smallest absolute Gasteiger partial charge is 0.255 e. The van der Waals surface area contributed by atoms with E-state index in [0.717, 1.165) is 0 Å². The van der Waals surface area contributed by atoms with Crippen LogP contribution >= 0.6 is 0 Å². The summed E-state index contributed by atoms with van der Waals surface area (Å²) in [5.74, 6) is -5.28. The zero-order valence-electron chi connectivity index (χ0n) is 8.64. The number of anilines is 1. The van der Waals surface area contributed by atoms with E-state index < -0.39 is 29.0 Å². The number of nitrogens with one attached hydrogen (secondary N) is 1. The molecule has 0 aromatic heterocycles. The zero-order valence-corrected chi connectivity index (χ0v) is 8.64. The van der Waals surface area contributed by atoms with Crippen molar-refractivity contribution in [2.45, 2.75) is 19.4 Å². The van der Waals surface area contributed by atoms with Crippen molar-refractivity contribution in [1.29, 1.82) is 0 Å². The third-order valence-electron chi connectivity index (χ3n) is 1.80. The van der Waals surface area contributed by atoms with Crippen LogP contribution in [-0.4, -0.2) is 16.6 Å². The Morgan fingerprint density at radius 3 is 2.06 bits per heavy atom. The van der Waals surface area contributed by atoms with Crippen LogP contribution in [0.1, 0.15) is 13.8 Å². The van der Waals surface area contributed by atoms with Gasteiger partial charge in [-0.2, -0.15) is 0 Å². The van der Waals surface area contributed by atoms with Crippen LogP contribution in [0, 0.1) is 17.5 Å². The molecule has 0 saturated heterocycles. The molecule has 1 aromatic carbocycles. The van der Waals surface area contributed by atoms with Crippen molar-refractivity contribution in [3.05, 3.63) is 29.6 Å². The molecule has 0 bridgehead atoms. The molecule has 0 spiro atoms. The molecule has 88 valence electrons. The predicted molar refractivity (Wildman–Crippen MR) is 51.2 cm³/mol. The van der Waals surface area contributed by atoms with Crippen LogP contribution in [0.15, 0.2) is 12.1 Å². The number of amides is 1. The number of hydrogen-bond acceptors (Lipinski definition) is 2. The summed E-state index contributed by atoms with van der Waals surface area (Å²) < 4.78 is 38.1. The van der Waals surface area contributed by atoms with Crippen molar-refractivity contribution in [2.75, 3.05) is 5.32 Å². The maximum atomic E-state index is 12.8. The molecule has 16 heavy (non-hydrogen) atoms. The van der Waals surface area contributed by atoms with Gasteiger partial charge in [-0.1, -0.05) is 0 Å². The summed E-state index contributed by atoms with van der Waals surface area (Å²) in [6.07, 6.45) is 0. The van der Waals surface area contributed by atoms with Crippen LogP contribution in [0.5, 0.6) is 0 Å². The molecule has 0 fully saturated rings. The first-order valence-electron chi connectivity index (χ1n) is 4.40. The first kappa shape index (κ1) is 12.5. The van der Waals surface area contributed by atoms with Gasteiger partial charge in [0.15, 0.2) is 17.5 Å². The third kappa shape index (κ3) is 2.73. The lowest BCUT2D eigenvalue weighted by molar-refractivity contribution is -0.130. The number of hydrogen-bond donors (Lipinski definition) is 2. The Labute approximate surface area is 89.9 Å². The summed E-state index contributed by atoms with van der Waals surface area (Å²) in [5, 5.41) is 11.3. The van der Waals surface area contributed by atoms with E-state index in [1.165, 1.54) is 13.8 Å². The molecule has 0 heterocycles. The molecule has 0 radical (unpaired) electrons. The Morgan fingerprint density at radius 2 is 1.69 bits per heavy atom. The minimum absolute atomic E-state index is 0.261. The maximum absolute atomic E-state index is 12.8. The summed E-state index contributed by atoms with van der Waals surface area (Å²) >= 11 is 0. The Hall–Kier alpha value is -1.56. The van der Waals surface area contributed by atoms with Gasteiger partial charge in [-0.3, -0.25) is 4.79 Å². The second-order valence-electron chi connectivity index (χ2n) is 3.77. The highest BCUT2D eigenvalue weighted by atomic mass is 19.2. The Bertz CT molecular complexity index is 404. The fourth-order valence-corrected chi connectivity index (χ4v) is 0.912. The molecular weight excluding hydrogens is 223 g/mol. The first-order valence-corrected chi connectivity index (χ1v) is 4.40. The van der Waals surface area contributed by atoms with E-state index in [0.29, 0.717) is 12.1 Å². The van der Waals surface area contributed by atoms with Crippen molar-refractivity contribution >= 4 is 11.6 Å². The quantitative estimate of drug-likeness (QED) is 0.765. The van der Waals surface area contributed by atoms with Gasteiger partial charge in [-0.15, -0.1) is 0 Å². The largest absolute Gasteiger partial charge is 0.381 e. The molecule has 0 aliphatic heterocycles. The van der Waals surface area contributed by atoms with Gasteiger partial charge in [0.05, 0.1) is 0 Å². The van der Waals surface area contributed by atoms with E-state index in [-0.39, 0.29) is 5.69 Å². The fourth-order valence-electron chi connectivity index (χ4n) is 0.912. The van der Waals surface area contributed by atoms with Crippen molar-refractivity contribution in [2.24, 2.45) is 0 Å². The Morgan fingerprint density at radius 1 is 1.25 bits per heavy atom. The summed E-state index contributed by atoms with van der Waals surface area (Å²) in [6.45, 7) is 2.41. The maximum Gasteiger partial charge on any atom is 0.255 e. The van der Waals surface area contributed by atoms with E-state index in [1.807, 2.05) is 0 Å². The highest BCUT2D eigenvalue weighted by molar-refractivity contribution is 5.96. The molecule has 0 unspecified atom stereocenters. The number of benzene rings is 1. The van der Waals surface area contributed by atoms with Gasteiger partial charge in [0, 0.05) is 17.8 Å². The van der Waals surface area contributed by atoms with Crippen molar-refractivity contribution < 1.29 is 23.1 Å². The molecule has 1 aromatic rings. The monoisotopic (exact) mass is 233 g/mol. The normalized spacial score (nSPS) is 11.4. The van der Waals surface area contributed by atoms with Crippen LogP contribution in [0.25, 0.3) is 0 Å². The molecule has 0 saturated carbocycles. The van der Waals surface area contributed by atoms with E-state index in [4.69, 9.17) is 0 Å². The summed E-state index contributed by atoms with van der Waals surface area (Å²) in [4.78, 5) is 11.2. The Balaban J connectivity index is 2.96. The topological polar surface area (TPSA) is 49.3 Å². The van der Waals surface area contributed by atoms with Crippen molar-refractivity contribution in [3.63, 3.8) is 0 Å². The van der Waals surface area contributed by atoms with Gasteiger partial charge in [-0.05, 0) is 13.8 Å². The predicted octanol–water partition coefficient (Wildman–Crippen LogP) is 1.81. The highest BCUT2D eigenvalue weighted by Gasteiger charge is 2.24. The van der Waals surface area contributed by atoms with Crippen molar-refractivity contribution in [3.8, 4) is 0 Å². The minimum Gasteiger partial charge on any atom is -0.381 e. The summed E-state index contributed by atoms with van der Waals surface area (Å²) in [6, 6.07) is 1.25. The number of carbonyl (C=O) groups excluding carboxylic acids is 1. The van der Waals surface area contributed by atoms with Gasteiger partial charge in [-0.25, -0.2) is 13.2 Å². The number of rotatable bonds is 2. The van der Waals surface area contributed by atoms with Gasteiger partial charge in [0.25, 0.3) is 5.91 Å². The van der Waals surface area contributed by atoms with E-state index in [2.05, 4.69) is 5.32 Å². The summed E-state index contributed by atoms with van der Waals surface area (Å²) in [5.41, 5.74) is -1.95. The van der Waals surface area contributed by atoms with Gasteiger partial charge < -0.3 is 10.4 Å². The van der Waals surface area contributed by atoms with Crippen LogP contribution in [0.4, 0.5) is 18.9 Å². The molecule has 0 aliphatic rings. The van der Waals surface area contributed by atoms with Gasteiger partial charge >= 0.3 is 0 Å². The second kappa shape index (κ2) is 4.13. The number of aliphatic hydroxyl groups is 1. The molecule has 6 heteroatoms. The summed E-state index contributed by atoms with van der Waals surface area (Å²) in [7, 11) is 0. The lowest BCUT2D eigenvalue weighted by Crippen LogP contribution is -2.36. The standard InChI is InChI=1S/C10H10F3NO2/c1-10(2,16)9(15)14-5-3-6(11)8(13)7(12)4-5/h3-4,16H,1-2H3,(H,14,15). The van der Waals surface area contributed by atoms with Crippen LogP contribution in [0.2, 0.25) is 0 Å². The van der Waals surface area contributed by atoms with Crippen molar-refractivity contribution in [1.82, 2.24) is 0 Å². The Kier molecular flexibility index (Phi) is 3.23. The molecule has 2 N–H and O–H groups in total. The van der Waals surface area contributed by atoms with E-state index in [9.17, 15) is 23.1 Å². The number of halogens is 3. The average Bonchev–Trinajstić information content (AvgIpc) is 2.12.